The van der Waals surface area contributed by atoms with Gasteiger partial charge in [0.15, 0.2) is 0 Å². The molecule has 1 aliphatic rings. The van der Waals surface area contributed by atoms with Gasteiger partial charge in [-0.2, -0.15) is 0 Å². The topological polar surface area (TPSA) is 46.2 Å². The van der Waals surface area contributed by atoms with Crippen LogP contribution in [0.5, 0.6) is 0 Å². The lowest BCUT2D eigenvalue weighted by molar-refractivity contribution is 0.269. The molecule has 72 valence electrons. The Balaban J connectivity index is 2.25. The number of nitrogens with two attached hydrogens (primary N) is 1. The molecule has 0 radical (unpaired) electrons. The highest BCUT2D eigenvalue weighted by Crippen LogP contribution is 2.31. The average molecular weight is 197 g/mol. The lowest BCUT2D eigenvalue weighted by Gasteiger charge is -2.08. The third kappa shape index (κ3) is 1.77. The smallest absolute Gasteiger partial charge is 0.0632 e. The zero-order valence-corrected chi connectivity index (χ0v) is 8.44. The van der Waals surface area contributed by atoms with Crippen molar-refractivity contribution in [3.8, 4) is 0 Å². The van der Waals surface area contributed by atoms with Gasteiger partial charge in [0, 0.05) is 9.75 Å². The molecule has 1 aromatic rings. The lowest BCUT2D eigenvalue weighted by Crippen LogP contribution is -2.12. The zero-order chi connectivity index (χ0) is 9.26. The third-order valence-corrected chi connectivity index (χ3v) is 3.95. The van der Waals surface area contributed by atoms with E-state index in [9.17, 15) is 0 Å². The van der Waals surface area contributed by atoms with Crippen molar-refractivity contribution in [3.05, 3.63) is 21.4 Å². The first-order valence-electron chi connectivity index (χ1n) is 4.79. The summed E-state index contributed by atoms with van der Waals surface area (Å²) in [7, 11) is 0. The van der Waals surface area contributed by atoms with Gasteiger partial charge >= 0.3 is 0 Å². The third-order valence-electron chi connectivity index (χ3n) is 2.58. The van der Waals surface area contributed by atoms with Crippen LogP contribution in [-0.2, 0) is 12.8 Å². The van der Waals surface area contributed by atoms with Crippen LogP contribution >= 0.6 is 11.3 Å². The van der Waals surface area contributed by atoms with E-state index in [1.165, 1.54) is 36.1 Å². The lowest BCUT2D eigenvalue weighted by atomic mass is 9.99. The van der Waals surface area contributed by atoms with Gasteiger partial charge in [-0.05, 0) is 37.3 Å². The summed E-state index contributed by atoms with van der Waals surface area (Å²) in [5, 5.41) is 8.93. The van der Waals surface area contributed by atoms with Crippen LogP contribution in [0.2, 0.25) is 0 Å². The summed E-state index contributed by atoms with van der Waals surface area (Å²) >= 11 is 1.78. The highest BCUT2D eigenvalue weighted by molar-refractivity contribution is 7.12. The molecule has 13 heavy (non-hydrogen) atoms. The normalized spacial score (nSPS) is 18.3. The maximum Gasteiger partial charge on any atom is 0.0632 e. The van der Waals surface area contributed by atoms with Crippen LogP contribution in [0.3, 0.4) is 0 Å². The van der Waals surface area contributed by atoms with E-state index >= 15 is 0 Å². The number of fused-ring (bicyclic) bond motifs is 1. The Morgan fingerprint density at radius 1 is 1.46 bits per heavy atom. The van der Waals surface area contributed by atoms with Crippen LogP contribution in [-0.4, -0.2) is 11.7 Å². The molecular weight excluding hydrogens is 182 g/mol. The van der Waals surface area contributed by atoms with Gasteiger partial charge < -0.3 is 10.8 Å². The quantitative estimate of drug-likeness (QED) is 0.756. The Morgan fingerprint density at radius 3 is 2.92 bits per heavy atom. The summed E-state index contributed by atoms with van der Waals surface area (Å²) in [5.74, 6) is 0. The number of rotatable bonds is 2. The minimum Gasteiger partial charge on any atom is -0.394 e. The van der Waals surface area contributed by atoms with Gasteiger partial charge in [-0.25, -0.2) is 0 Å². The highest BCUT2D eigenvalue weighted by atomic mass is 32.1. The molecule has 1 aliphatic carbocycles. The van der Waals surface area contributed by atoms with E-state index in [2.05, 4.69) is 6.07 Å². The van der Waals surface area contributed by atoms with E-state index in [0.29, 0.717) is 0 Å². The van der Waals surface area contributed by atoms with Crippen molar-refractivity contribution in [1.82, 2.24) is 0 Å². The summed E-state index contributed by atoms with van der Waals surface area (Å²) < 4.78 is 0. The second-order valence-electron chi connectivity index (χ2n) is 3.59. The number of aryl methyl sites for hydroxylation is 2. The zero-order valence-electron chi connectivity index (χ0n) is 7.62. The van der Waals surface area contributed by atoms with Crippen molar-refractivity contribution >= 4 is 11.3 Å². The molecule has 0 saturated carbocycles. The van der Waals surface area contributed by atoms with Crippen LogP contribution < -0.4 is 5.73 Å². The summed E-state index contributed by atoms with van der Waals surface area (Å²) in [5.41, 5.74) is 7.23. The Labute approximate surface area is 82.4 Å². The van der Waals surface area contributed by atoms with Crippen LogP contribution in [0.4, 0.5) is 0 Å². The first-order chi connectivity index (χ1) is 6.31. The molecule has 2 nitrogen and oxygen atoms in total. The van der Waals surface area contributed by atoms with E-state index in [1.54, 1.807) is 11.3 Å². The van der Waals surface area contributed by atoms with Crippen molar-refractivity contribution < 1.29 is 5.11 Å². The van der Waals surface area contributed by atoms with Crippen LogP contribution in [0.15, 0.2) is 6.07 Å². The van der Waals surface area contributed by atoms with E-state index in [-0.39, 0.29) is 12.6 Å². The Kier molecular flexibility index (Phi) is 2.67. The second-order valence-corrected chi connectivity index (χ2v) is 4.76. The van der Waals surface area contributed by atoms with Gasteiger partial charge in [-0.3, -0.25) is 0 Å². The van der Waals surface area contributed by atoms with Gasteiger partial charge in [-0.1, -0.05) is 0 Å². The minimum atomic E-state index is -0.171. The molecule has 0 aliphatic heterocycles. The molecular formula is C10H15NOS. The molecule has 0 aromatic carbocycles. The Hall–Kier alpha value is -0.380. The Bertz CT molecular complexity index is 272. The fourth-order valence-electron chi connectivity index (χ4n) is 1.79. The van der Waals surface area contributed by atoms with Crippen LogP contribution in [0.25, 0.3) is 0 Å². The number of aliphatic hydroxyl groups is 1. The van der Waals surface area contributed by atoms with Crippen molar-refractivity contribution in [1.29, 1.82) is 0 Å². The van der Waals surface area contributed by atoms with Crippen molar-refractivity contribution in [2.24, 2.45) is 5.73 Å². The minimum absolute atomic E-state index is 0.0550. The molecule has 1 unspecified atom stereocenters. The molecule has 0 bridgehead atoms. The first-order valence-corrected chi connectivity index (χ1v) is 5.61. The summed E-state index contributed by atoms with van der Waals surface area (Å²) in [6, 6.07) is 2.01. The fourth-order valence-corrected chi connectivity index (χ4v) is 3.04. The fraction of sp³-hybridized carbons (Fsp3) is 0.600. The first kappa shape index (κ1) is 9.19. The van der Waals surface area contributed by atoms with Crippen molar-refractivity contribution in [2.45, 2.75) is 31.7 Å². The van der Waals surface area contributed by atoms with Gasteiger partial charge in [0.2, 0.25) is 0 Å². The predicted octanol–water partition coefficient (Wildman–Crippen LogP) is 1.62. The molecule has 0 saturated heterocycles. The Morgan fingerprint density at radius 2 is 2.23 bits per heavy atom. The van der Waals surface area contributed by atoms with Crippen molar-refractivity contribution in [2.75, 3.05) is 6.61 Å². The van der Waals surface area contributed by atoms with E-state index < -0.39 is 0 Å². The van der Waals surface area contributed by atoms with Crippen molar-refractivity contribution in [3.63, 3.8) is 0 Å². The predicted molar refractivity (Wildman–Crippen MR) is 55.0 cm³/mol. The summed E-state index contributed by atoms with van der Waals surface area (Å²) in [6.07, 6.45) is 5.01. The summed E-state index contributed by atoms with van der Waals surface area (Å²) in [6.45, 7) is 0.0550. The van der Waals surface area contributed by atoms with E-state index in [4.69, 9.17) is 10.8 Å². The molecule has 3 heteroatoms. The molecule has 0 amide bonds. The second kappa shape index (κ2) is 3.78. The van der Waals surface area contributed by atoms with Crippen LogP contribution in [0.1, 0.15) is 34.2 Å². The average Bonchev–Trinajstić information content (AvgIpc) is 2.59. The molecule has 1 heterocycles. The van der Waals surface area contributed by atoms with Crippen LogP contribution in [0, 0.1) is 0 Å². The molecule has 1 atom stereocenters. The molecule has 0 fully saturated rings. The number of aliphatic hydroxyl groups excluding tert-OH is 1. The largest absolute Gasteiger partial charge is 0.394 e. The van der Waals surface area contributed by atoms with Gasteiger partial charge in [0.25, 0.3) is 0 Å². The standard InChI is InChI=1S/C10H15NOS/c11-8(6-12)10-5-7-3-1-2-4-9(7)13-10/h5,8,12H,1-4,6,11H2. The van der Waals surface area contributed by atoms with E-state index in [0.717, 1.165) is 4.88 Å². The molecule has 0 spiro atoms. The molecule has 2 rings (SSSR count). The number of hydrogen-bond acceptors (Lipinski definition) is 3. The van der Waals surface area contributed by atoms with Gasteiger partial charge in [0.1, 0.15) is 0 Å². The van der Waals surface area contributed by atoms with E-state index in [1.807, 2.05) is 0 Å². The number of thiophene rings is 1. The SMILES string of the molecule is NC(CO)c1cc2c(s1)CCCC2. The molecule has 3 N–H and O–H groups in total. The maximum absolute atomic E-state index is 8.93. The number of hydrogen-bond donors (Lipinski definition) is 2. The monoisotopic (exact) mass is 197 g/mol. The summed E-state index contributed by atoms with van der Waals surface area (Å²) in [4.78, 5) is 2.64. The maximum atomic E-state index is 8.93. The highest BCUT2D eigenvalue weighted by Gasteiger charge is 2.15. The van der Waals surface area contributed by atoms with Gasteiger partial charge in [-0.15, -0.1) is 11.3 Å². The van der Waals surface area contributed by atoms with Gasteiger partial charge in [0.05, 0.1) is 12.6 Å². The molecule has 1 aromatic heterocycles.